The second kappa shape index (κ2) is 9.58. The SMILES string of the molecule is CCn1c(C(O)(c2ccc(OC(F)F)cc2)c2ccccc2F)cc2cc(OC)c(-c3nn[nH]n3)cc21. The van der Waals surface area contributed by atoms with Crippen molar-refractivity contribution in [1.82, 2.24) is 25.2 Å². The van der Waals surface area contributed by atoms with Crippen LogP contribution in [0, 0.1) is 5.82 Å². The van der Waals surface area contributed by atoms with Crippen LogP contribution in [0.3, 0.4) is 0 Å². The molecule has 0 aliphatic heterocycles. The van der Waals surface area contributed by atoms with Gasteiger partial charge in [-0.25, -0.2) is 4.39 Å². The molecule has 0 fully saturated rings. The Labute approximate surface area is 209 Å². The van der Waals surface area contributed by atoms with Gasteiger partial charge in [0, 0.05) is 23.0 Å². The van der Waals surface area contributed by atoms with E-state index in [9.17, 15) is 13.9 Å². The van der Waals surface area contributed by atoms with Crippen LogP contribution in [-0.2, 0) is 12.1 Å². The highest BCUT2D eigenvalue weighted by molar-refractivity contribution is 5.89. The summed E-state index contributed by atoms with van der Waals surface area (Å²) in [5, 5.41) is 27.2. The number of aryl methyl sites for hydroxylation is 1. The van der Waals surface area contributed by atoms with E-state index in [1.807, 2.05) is 17.6 Å². The molecule has 5 rings (SSSR count). The summed E-state index contributed by atoms with van der Waals surface area (Å²) in [5.74, 6) is 0.0933. The van der Waals surface area contributed by atoms with E-state index in [-0.39, 0.29) is 16.9 Å². The molecule has 11 heteroatoms. The van der Waals surface area contributed by atoms with Gasteiger partial charge in [-0.05, 0) is 54.1 Å². The predicted octanol–water partition coefficient (Wildman–Crippen LogP) is 4.87. The third kappa shape index (κ3) is 4.16. The largest absolute Gasteiger partial charge is 0.496 e. The van der Waals surface area contributed by atoms with E-state index in [0.717, 1.165) is 0 Å². The topological polar surface area (TPSA) is 98.1 Å². The molecule has 2 heterocycles. The summed E-state index contributed by atoms with van der Waals surface area (Å²) in [5.41, 5.74) is -0.0625. The second-order valence-corrected chi connectivity index (χ2v) is 8.21. The summed E-state index contributed by atoms with van der Waals surface area (Å²) >= 11 is 0. The first-order valence-corrected chi connectivity index (χ1v) is 11.3. The maximum Gasteiger partial charge on any atom is 0.387 e. The Balaban J connectivity index is 1.77. The van der Waals surface area contributed by atoms with Gasteiger partial charge >= 0.3 is 6.61 Å². The van der Waals surface area contributed by atoms with Crippen molar-refractivity contribution in [3.05, 3.63) is 89.4 Å². The molecule has 2 N–H and O–H groups in total. The Morgan fingerprint density at radius 3 is 2.46 bits per heavy atom. The molecule has 0 aliphatic carbocycles. The van der Waals surface area contributed by atoms with Gasteiger partial charge in [0.1, 0.15) is 17.3 Å². The predicted molar refractivity (Wildman–Crippen MR) is 129 cm³/mol. The smallest absolute Gasteiger partial charge is 0.387 e. The number of benzene rings is 3. The van der Waals surface area contributed by atoms with Gasteiger partial charge in [-0.15, -0.1) is 10.2 Å². The number of hydrogen-bond donors (Lipinski definition) is 2. The lowest BCUT2D eigenvalue weighted by Gasteiger charge is -2.31. The minimum Gasteiger partial charge on any atom is -0.496 e. The van der Waals surface area contributed by atoms with E-state index < -0.39 is 18.0 Å². The highest BCUT2D eigenvalue weighted by Crippen LogP contribution is 2.42. The lowest BCUT2D eigenvalue weighted by Crippen LogP contribution is -2.32. The van der Waals surface area contributed by atoms with Gasteiger partial charge in [-0.2, -0.15) is 14.0 Å². The van der Waals surface area contributed by atoms with E-state index in [4.69, 9.17) is 4.74 Å². The normalized spacial score (nSPS) is 13.2. The lowest BCUT2D eigenvalue weighted by atomic mass is 9.83. The van der Waals surface area contributed by atoms with Crippen LogP contribution < -0.4 is 9.47 Å². The zero-order chi connectivity index (χ0) is 26.2. The van der Waals surface area contributed by atoms with Crippen LogP contribution in [0.4, 0.5) is 13.2 Å². The molecule has 3 aromatic carbocycles. The zero-order valence-corrected chi connectivity index (χ0v) is 19.8. The average Bonchev–Trinajstić information content (AvgIpc) is 3.55. The summed E-state index contributed by atoms with van der Waals surface area (Å²) < 4.78 is 52.5. The maximum absolute atomic E-state index is 15.2. The summed E-state index contributed by atoms with van der Waals surface area (Å²) in [6, 6.07) is 16.7. The molecule has 0 saturated heterocycles. The molecule has 5 aromatic rings. The Kier molecular flexibility index (Phi) is 6.30. The number of nitrogens with zero attached hydrogens (tertiary/aromatic N) is 4. The number of tetrazole rings is 1. The van der Waals surface area contributed by atoms with Crippen molar-refractivity contribution >= 4 is 10.9 Å². The highest BCUT2D eigenvalue weighted by atomic mass is 19.3. The van der Waals surface area contributed by atoms with E-state index in [1.165, 1.54) is 49.6 Å². The number of aliphatic hydroxyl groups is 1. The third-order valence-electron chi connectivity index (χ3n) is 6.26. The van der Waals surface area contributed by atoms with Crippen molar-refractivity contribution in [2.24, 2.45) is 0 Å². The van der Waals surface area contributed by atoms with Crippen LogP contribution in [0.25, 0.3) is 22.3 Å². The van der Waals surface area contributed by atoms with E-state index in [1.54, 1.807) is 18.2 Å². The zero-order valence-electron chi connectivity index (χ0n) is 19.8. The molecule has 0 amide bonds. The molecule has 8 nitrogen and oxygen atoms in total. The highest BCUT2D eigenvalue weighted by Gasteiger charge is 2.39. The number of aromatic amines is 1. The molecule has 0 spiro atoms. The van der Waals surface area contributed by atoms with Crippen LogP contribution in [0.2, 0.25) is 0 Å². The minimum atomic E-state index is -3.00. The maximum atomic E-state index is 15.2. The van der Waals surface area contributed by atoms with Gasteiger partial charge < -0.3 is 19.1 Å². The summed E-state index contributed by atoms with van der Waals surface area (Å²) in [6.45, 7) is -0.690. The van der Waals surface area contributed by atoms with Gasteiger partial charge in [-0.1, -0.05) is 30.3 Å². The second-order valence-electron chi connectivity index (χ2n) is 8.21. The van der Waals surface area contributed by atoms with Gasteiger partial charge in [0.2, 0.25) is 5.82 Å². The van der Waals surface area contributed by atoms with Gasteiger partial charge in [-0.3, -0.25) is 0 Å². The first-order valence-electron chi connectivity index (χ1n) is 11.3. The first kappa shape index (κ1) is 24.3. The standard InChI is InChI=1S/C26H22F3N5O3/c1-3-34-21-14-18(24-30-32-33-31-24)22(36-2)12-15(21)13-23(34)26(35,19-6-4-5-7-20(19)27)16-8-10-17(11-9-16)37-25(28)29/h4-14,25,35H,3H2,1-2H3,(H,30,31,32,33). The number of rotatable bonds is 8. The molecule has 0 saturated carbocycles. The number of hydrogen-bond acceptors (Lipinski definition) is 6. The monoisotopic (exact) mass is 509 g/mol. The first-order chi connectivity index (χ1) is 17.9. The fourth-order valence-electron chi connectivity index (χ4n) is 4.62. The molecule has 190 valence electrons. The van der Waals surface area contributed by atoms with Crippen LogP contribution in [0.5, 0.6) is 11.5 Å². The van der Waals surface area contributed by atoms with Crippen molar-refractivity contribution in [1.29, 1.82) is 0 Å². The molecule has 2 aromatic heterocycles. The average molecular weight is 509 g/mol. The van der Waals surface area contributed by atoms with E-state index >= 15 is 4.39 Å². The number of alkyl halides is 2. The van der Waals surface area contributed by atoms with Crippen LogP contribution >= 0.6 is 0 Å². The van der Waals surface area contributed by atoms with Gasteiger partial charge in [0.25, 0.3) is 0 Å². The van der Waals surface area contributed by atoms with Crippen molar-refractivity contribution < 1.29 is 27.8 Å². The molecule has 0 radical (unpaired) electrons. The van der Waals surface area contributed by atoms with Crippen molar-refractivity contribution in [3.8, 4) is 22.9 Å². The summed E-state index contributed by atoms with van der Waals surface area (Å²) in [7, 11) is 1.52. The lowest BCUT2D eigenvalue weighted by molar-refractivity contribution is -0.0498. The fraction of sp³-hybridized carbons (Fsp3) is 0.192. The number of aromatic nitrogens is 5. The number of methoxy groups -OCH3 is 1. The van der Waals surface area contributed by atoms with E-state index in [0.29, 0.717) is 40.3 Å². The fourth-order valence-corrected chi connectivity index (χ4v) is 4.62. The van der Waals surface area contributed by atoms with Crippen molar-refractivity contribution in [2.45, 2.75) is 25.7 Å². The molecule has 0 aliphatic rings. The number of halogens is 3. The Morgan fingerprint density at radius 1 is 1.08 bits per heavy atom. The summed E-state index contributed by atoms with van der Waals surface area (Å²) in [4.78, 5) is 0. The molecule has 0 bridgehead atoms. The minimum absolute atomic E-state index is 0.000362. The Morgan fingerprint density at radius 2 is 1.84 bits per heavy atom. The Bertz CT molecular complexity index is 1540. The molecular weight excluding hydrogens is 487 g/mol. The summed E-state index contributed by atoms with van der Waals surface area (Å²) in [6.07, 6.45) is 0. The number of nitrogens with one attached hydrogen (secondary N) is 1. The number of ether oxygens (including phenoxy) is 2. The molecule has 1 unspecified atom stereocenters. The third-order valence-corrected chi connectivity index (χ3v) is 6.26. The van der Waals surface area contributed by atoms with Crippen molar-refractivity contribution in [2.75, 3.05) is 7.11 Å². The van der Waals surface area contributed by atoms with Crippen LogP contribution in [0.1, 0.15) is 23.7 Å². The molecular formula is C26H22F3N5O3. The molecule has 37 heavy (non-hydrogen) atoms. The number of H-pyrrole nitrogens is 1. The van der Waals surface area contributed by atoms with E-state index in [2.05, 4.69) is 25.4 Å². The van der Waals surface area contributed by atoms with Crippen LogP contribution in [-0.4, -0.2) is 44.0 Å². The van der Waals surface area contributed by atoms with Gasteiger partial charge in [0.15, 0.2) is 5.60 Å². The Hall–Kier alpha value is -4.38. The van der Waals surface area contributed by atoms with Gasteiger partial charge in [0.05, 0.1) is 18.4 Å². The molecule has 1 atom stereocenters. The van der Waals surface area contributed by atoms with Crippen LogP contribution in [0.15, 0.2) is 66.7 Å². The van der Waals surface area contributed by atoms with Crippen molar-refractivity contribution in [3.63, 3.8) is 0 Å². The number of fused-ring (bicyclic) bond motifs is 1. The quantitative estimate of drug-likeness (QED) is 0.310.